The van der Waals surface area contributed by atoms with Crippen LogP contribution in [0, 0.1) is 0 Å². The maximum absolute atomic E-state index is 13.0. The number of anilines is 2. The predicted molar refractivity (Wildman–Crippen MR) is 130 cm³/mol. The summed E-state index contributed by atoms with van der Waals surface area (Å²) < 4.78 is 0. The van der Waals surface area contributed by atoms with E-state index < -0.39 is 0 Å². The third kappa shape index (κ3) is 3.76. The van der Waals surface area contributed by atoms with Crippen LogP contribution in [0.25, 0.3) is 22.0 Å². The van der Waals surface area contributed by atoms with Gasteiger partial charge in [-0.1, -0.05) is 36.4 Å². The van der Waals surface area contributed by atoms with Crippen molar-refractivity contribution in [2.45, 2.75) is 17.4 Å². The average molecular weight is 443 g/mol. The van der Waals surface area contributed by atoms with E-state index in [2.05, 4.69) is 27.6 Å². The highest BCUT2D eigenvalue weighted by atomic mass is 32.2. The van der Waals surface area contributed by atoms with Crippen LogP contribution >= 0.6 is 11.8 Å². The van der Waals surface area contributed by atoms with Crippen molar-refractivity contribution >= 4 is 39.8 Å². The molecule has 1 aliphatic rings. The van der Waals surface area contributed by atoms with Crippen molar-refractivity contribution in [3.8, 4) is 11.3 Å². The van der Waals surface area contributed by atoms with E-state index in [0.717, 1.165) is 33.6 Å². The second-order valence-corrected chi connectivity index (χ2v) is 8.58. The lowest BCUT2D eigenvalue weighted by molar-refractivity contribution is -0.117. The molecular weight excluding hydrogens is 420 g/mol. The van der Waals surface area contributed by atoms with Gasteiger partial charge < -0.3 is 10.2 Å². The largest absolute Gasteiger partial charge is 0.374 e. The van der Waals surface area contributed by atoms with Gasteiger partial charge in [0.15, 0.2) is 0 Å². The van der Waals surface area contributed by atoms with E-state index in [-0.39, 0.29) is 17.5 Å². The zero-order chi connectivity index (χ0) is 22.1. The van der Waals surface area contributed by atoms with E-state index in [0.29, 0.717) is 17.6 Å². The Labute approximate surface area is 189 Å². The van der Waals surface area contributed by atoms with Crippen LogP contribution in [0.15, 0.2) is 82.5 Å². The van der Waals surface area contributed by atoms with Crippen LogP contribution in [0.4, 0.5) is 11.4 Å². The van der Waals surface area contributed by atoms with Gasteiger partial charge in [-0.2, -0.15) is 5.10 Å². The Morgan fingerprint density at radius 3 is 2.56 bits per heavy atom. The molecule has 32 heavy (non-hydrogen) atoms. The Morgan fingerprint density at radius 1 is 1.00 bits per heavy atom. The van der Waals surface area contributed by atoms with Crippen molar-refractivity contribution in [1.82, 2.24) is 10.2 Å². The molecule has 1 atom stereocenters. The molecule has 0 saturated carbocycles. The van der Waals surface area contributed by atoms with Gasteiger partial charge >= 0.3 is 0 Å². The normalized spacial score (nSPS) is 16.0. The number of aromatic amines is 1. The van der Waals surface area contributed by atoms with E-state index in [1.807, 2.05) is 65.8 Å². The monoisotopic (exact) mass is 442 g/mol. The second kappa shape index (κ2) is 8.51. The van der Waals surface area contributed by atoms with Gasteiger partial charge in [-0.25, -0.2) is 5.10 Å². The fraction of sp³-hybridized carbons (Fsp3) is 0.160. The predicted octanol–water partition coefficient (Wildman–Crippen LogP) is 4.53. The van der Waals surface area contributed by atoms with Crippen LogP contribution in [-0.4, -0.2) is 34.9 Å². The first-order chi connectivity index (χ1) is 15.6. The highest BCUT2D eigenvalue weighted by molar-refractivity contribution is 7.98. The Balaban J connectivity index is 1.36. The number of carbonyl (C=O) groups is 1. The Bertz CT molecular complexity index is 1350. The van der Waals surface area contributed by atoms with Crippen LogP contribution in [-0.2, 0) is 4.79 Å². The van der Waals surface area contributed by atoms with E-state index >= 15 is 0 Å². The summed E-state index contributed by atoms with van der Waals surface area (Å²) in [7, 11) is 0. The summed E-state index contributed by atoms with van der Waals surface area (Å²) >= 11 is 1.68. The molecule has 2 heterocycles. The number of hydrogen-bond donors (Lipinski definition) is 2. The molecule has 0 spiro atoms. The number of hydrogen-bond acceptors (Lipinski definition) is 5. The maximum atomic E-state index is 13.0. The number of benzene rings is 3. The van der Waals surface area contributed by atoms with Crippen molar-refractivity contribution in [2.24, 2.45) is 0 Å². The SMILES string of the molecule is CSc1cccc(NC2CCN(c3ccc(-c4n[nH]c(=O)c5ccccc45)cc3)C2=O)c1. The van der Waals surface area contributed by atoms with Crippen LogP contribution in [0.2, 0.25) is 0 Å². The molecule has 0 radical (unpaired) electrons. The van der Waals surface area contributed by atoms with Crippen LogP contribution in [0.3, 0.4) is 0 Å². The van der Waals surface area contributed by atoms with Gasteiger partial charge in [0, 0.05) is 33.8 Å². The molecule has 6 nitrogen and oxygen atoms in total. The molecule has 1 unspecified atom stereocenters. The molecule has 160 valence electrons. The molecule has 5 rings (SSSR count). The first-order valence-corrected chi connectivity index (χ1v) is 11.7. The molecule has 1 aromatic heterocycles. The summed E-state index contributed by atoms with van der Waals surface area (Å²) in [5, 5.41) is 11.6. The molecular formula is C25H22N4O2S. The van der Waals surface area contributed by atoms with Gasteiger partial charge in [0.2, 0.25) is 5.91 Å². The number of carbonyl (C=O) groups excluding carboxylic acids is 1. The van der Waals surface area contributed by atoms with Gasteiger partial charge in [-0.05, 0) is 49.1 Å². The maximum Gasteiger partial charge on any atom is 0.272 e. The molecule has 4 aromatic rings. The minimum Gasteiger partial charge on any atom is -0.374 e. The van der Waals surface area contributed by atoms with Crippen LogP contribution < -0.4 is 15.8 Å². The smallest absolute Gasteiger partial charge is 0.272 e. The minimum absolute atomic E-state index is 0.0694. The van der Waals surface area contributed by atoms with Gasteiger partial charge in [0.25, 0.3) is 5.56 Å². The first-order valence-electron chi connectivity index (χ1n) is 10.4. The highest BCUT2D eigenvalue weighted by Crippen LogP contribution is 2.29. The topological polar surface area (TPSA) is 78.1 Å². The number of fused-ring (bicyclic) bond motifs is 1. The summed E-state index contributed by atoms with van der Waals surface area (Å²) in [6.45, 7) is 0.665. The molecule has 0 aliphatic carbocycles. The number of nitrogens with one attached hydrogen (secondary N) is 2. The van der Waals surface area contributed by atoms with Crippen molar-refractivity contribution < 1.29 is 4.79 Å². The summed E-state index contributed by atoms with van der Waals surface area (Å²) in [5.74, 6) is 0.0694. The molecule has 1 fully saturated rings. The zero-order valence-corrected chi connectivity index (χ0v) is 18.4. The molecule has 2 N–H and O–H groups in total. The summed E-state index contributed by atoms with van der Waals surface area (Å²) in [4.78, 5) is 28.1. The number of nitrogens with zero attached hydrogens (tertiary/aromatic N) is 2. The standard InChI is InChI=1S/C25H22N4O2S/c1-32-19-6-4-5-17(15-19)26-22-13-14-29(25(22)31)18-11-9-16(10-12-18)23-20-7-2-3-8-21(20)24(30)28-27-23/h2-12,15,22,26H,13-14H2,1H3,(H,28,30). The Morgan fingerprint density at radius 2 is 1.78 bits per heavy atom. The molecule has 1 aliphatic heterocycles. The molecule has 3 aromatic carbocycles. The quantitative estimate of drug-likeness (QED) is 0.444. The Hall–Kier alpha value is -3.58. The van der Waals surface area contributed by atoms with Crippen molar-refractivity contribution in [3.63, 3.8) is 0 Å². The second-order valence-electron chi connectivity index (χ2n) is 7.70. The number of amides is 1. The van der Waals surface area contributed by atoms with Crippen LogP contribution in [0.5, 0.6) is 0 Å². The number of aromatic nitrogens is 2. The third-order valence-electron chi connectivity index (χ3n) is 5.76. The van der Waals surface area contributed by atoms with E-state index in [1.54, 1.807) is 17.8 Å². The summed E-state index contributed by atoms with van der Waals surface area (Å²) in [5.41, 5.74) is 3.22. The molecule has 1 saturated heterocycles. The summed E-state index contributed by atoms with van der Waals surface area (Å²) in [6.07, 6.45) is 2.78. The zero-order valence-electron chi connectivity index (χ0n) is 17.5. The fourth-order valence-corrected chi connectivity index (χ4v) is 4.58. The fourth-order valence-electron chi connectivity index (χ4n) is 4.12. The molecule has 0 bridgehead atoms. The Kier molecular flexibility index (Phi) is 5.41. The number of H-pyrrole nitrogens is 1. The number of rotatable bonds is 5. The summed E-state index contributed by atoms with van der Waals surface area (Å²) in [6, 6.07) is 23.1. The average Bonchev–Trinajstić information content (AvgIpc) is 3.19. The first kappa shape index (κ1) is 20.3. The molecule has 7 heteroatoms. The van der Waals surface area contributed by atoms with Crippen molar-refractivity contribution in [3.05, 3.63) is 83.2 Å². The van der Waals surface area contributed by atoms with E-state index in [9.17, 15) is 9.59 Å². The lowest BCUT2D eigenvalue weighted by Gasteiger charge is -2.18. The number of thioether (sulfide) groups is 1. The lowest BCUT2D eigenvalue weighted by Crippen LogP contribution is -2.33. The van der Waals surface area contributed by atoms with Gasteiger partial charge in [0.05, 0.1) is 11.1 Å². The van der Waals surface area contributed by atoms with Crippen molar-refractivity contribution in [1.29, 1.82) is 0 Å². The van der Waals surface area contributed by atoms with Gasteiger partial charge in [-0.15, -0.1) is 11.8 Å². The van der Waals surface area contributed by atoms with E-state index in [1.165, 1.54) is 0 Å². The minimum atomic E-state index is -0.239. The highest BCUT2D eigenvalue weighted by Gasteiger charge is 2.32. The molecule has 1 amide bonds. The van der Waals surface area contributed by atoms with Crippen molar-refractivity contribution in [2.75, 3.05) is 23.0 Å². The lowest BCUT2D eigenvalue weighted by atomic mass is 10.0. The van der Waals surface area contributed by atoms with Crippen LogP contribution in [0.1, 0.15) is 6.42 Å². The third-order valence-corrected chi connectivity index (χ3v) is 6.49. The van der Waals surface area contributed by atoms with Gasteiger partial charge in [-0.3, -0.25) is 9.59 Å². The van der Waals surface area contributed by atoms with Gasteiger partial charge in [0.1, 0.15) is 6.04 Å². The van der Waals surface area contributed by atoms with E-state index in [4.69, 9.17) is 0 Å².